The molecule has 2 aromatic rings. The first-order valence-electron chi connectivity index (χ1n) is 9.87. The van der Waals surface area contributed by atoms with Crippen molar-refractivity contribution >= 4 is 52.6 Å². The first-order valence-corrected chi connectivity index (χ1v) is 11.0. The second-order valence-corrected chi connectivity index (χ2v) is 8.56. The first-order chi connectivity index (χ1) is 15.8. The van der Waals surface area contributed by atoms with E-state index in [1.54, 1.807) is 6.92 Å². The van der Waals surface area contributed by atoms with Gasteiger partial charge in [0.1, 0.15) is 0 Å². The van der Waals surface area contributed by atoms with Gasteiger partial charge in [-0.2, -0.15) is 13.2 Å². The van der Waals surface area contributed by atoms with Crippen LogP contribution in [-0.2, 0) is 4.79 Å². The van der Waals surface area contributed by atoms with Crippen molar-refractivity contribution in [3.8, 4) is 0 Å². The van der Waals surface area contributed by atoms with E-state index in [0.29, 0.717) is 11.1 Å². The number of alkyl halides is 5. The number of hydrogen-bond donors (Lipinski definition) is 1. The number of rotatable bonds is 9. The van der Waals surface area contributed by atoms with Crippen molar-refractivity contribution in [2.24, 2.45) is 0 Å². The fourth-order valence-corrected chi connectivity index (χ4v) is 3.73. The van der Waals surface area contributed by atoms with Gasteiger partial charge in [0.15, 0.2) is 5.78 Å². The molecule has 1 atom stereocenters. The van der Waals surface area contributed by atoms with Crippen molar-refractivity contribution in [2.75, 3.05) is 6.54 Å². The molecule has 2 aromatic carbocycles. The van der Waals surface area contributed by atoms with Gasteiger partial charge in [-0.3, -0.25) is 9.59 Å². The molecule has 0 spiro atoms. The molecule has 3 nitrogen and oxygen atoms in total. The van der Waals surface area contributed by atoms with Crippen LogP contribution in [0.15, 0.2) is 36.4 Å². The number of allylic oxidation sites excluding steroid dienone is 1. The SMILES string of the molecule is Cc1cc(/C=C/C(c2cc(Cl)c(Cl)c(Cl)c2)C(F)(F)F)ccc1C(=O)CCC(=O)NCC(F)F. The lowest BCUT2D eigenvalue weighted by Crippen LogP contribution is -2.28. The molecule has 34 heavy (non-hydrogen) atoms. The molecule has 0 saturated heterocycles. The van der Waals surface area contributed by atoms with Crippen LogP contribution >= 0.6 is 34.8 Å². The van der Waals surface area contributed by atoms with Gasteiger partial charge in [-0.1, -0.05) is 65.2 Å². The van der Waals surface area contributed by atoms with Crippen LogP contribution in [0.25, 0.3) is 6.08 Å². The van der Waals surface area contributed by atoms with Crippen LogP contribution in [0.1, 0.15) is 45.8 Å². The molecule has 0 bridgehead atoms. The van der Waals surface area contributed by atoms with Gasteiger partial charge >= 0.3 is 6.18 Å². The average molecular weight is 543 g/mol. The highest BCUT2D eigenvalue weighted by atomic mass is 35.5. The number of aryl methyl sites for hydroxylation is 1. The summed E-state index contributed by atoms with van der Waals surface area (Å²) >= 11 is 17.6. The summed E-state index contributed by atoms with van der Waals surface area (Å²) in [6.45, 7) is 0.807. The number of carbonyl (C=O) groups is 2. The predicted octanol–water partition coefficient (Wildman–Crippen LogP) is 7.66. The number of amides is 1. The number of hydrogen-bond acceptors (Lipinski definition) is 2. The molecule has 1 N–H and O–H groups in total. The molecule has 0 radical (unpaired) electrons. The number of ketones is 1. The van der Waals surface area contributed by atoms with Crippen molar-refractivity contribution < 1.29 is 31.5 Å². The Bertz CT molecular complexity index is 1060. The normalized spacial score (nSPS) is 12.9. The van der Waals surface area contributed by atoms with Crippen LogP contribution in [0, 0.1) is 6.92 Å². The van der Waals surface area contributed by atoms with E-state index in [9.17, 15) is 31.5 Å². The van der Waals surface area contributed by atoms with Gasteiger partial charge in [-0.15, -0.1) is 0 Å². The Labute approximate surface area is 207 Å². The monoisotopic (exact) mass is 541 g/mol. The Hall–Kier alpha value is -2.16. The van der Waals surface area contributed by atoms with Crippen LogP contribution in [0.2, 0.25) is 15.1 Å². The number of Topliss-reactive ketones (excluding diaryl/α,β-unsaturated/α-hetero) is 1. The molecule has 0 aromatic heterocycles. The van der Waals surface area contributed by atoms with E-state index in [4.69, 9.17) is 34.8 Å². The third kappa shape index (κ3) is 7.96. The fraction of sp³-hybridized carbons (Fsp3) is 0.304. The molecule has 0 aliphatic carbocycles. The minimum Gasteiger partial charge on any atom is -0.350 e. The maximum Gasteiger partial charge on any atom is 0.399 e. The summed E-state index contributed by atoms with van der Waals surface area (Å²) in [7, 11) is 0. The smallest absolute Gasteiger partial charge is 0.350 e. The van der Waals surface area contributed by atoms with Gasteiger partial charge < -0.3 is 5.32 Å². The largest absolute Gasteiger partial charge is 0.399 e. The van der Waals surface area contributed by atoms with Crippen LogP contribution in [0.3, 0.4) is 0 Å². The standard InChI is InChI=1S/C23H19Cl3F5NO2/c1-12-8-13(2-4-15(12)19(33)6-7-21(34)32-11-20(27)28)3-5-16(23(29,30)31)14-9-17(24)22(26)18(25)10-14/h2-5,8-10,16,20H,6-7,11H2,1H3,(H,32,34)/b5-3+. The second-order valence-electron chi connectivity index (χ2n) is 7.37. The van der Waals surface area contributed by atoms with E-state index in [0.717, 1.165) is 18.2 Å². The van der Waals surface area contributed by atoms with Crippen molar-refractivity contribution in [1.29, 1.82) is 0 Å². The van der Waals surface area contributed by atoms with Crippen LogP contribution in [-0.4, -0.2) is 30.8 Å². The third-order valence-corrected chi connectivity index (χ3v) is 5.98. The first kappa shape index (κ1) is 28.1. The molecular weight excluding hydrogens is 524 g/mol. The average Bonchev–Trinajstić information content (AvgIpc) is 2.73. The van der Waals surface area contributed by atoms with E-state index in [1.165, 1.54) is 24.3 Å². The van der Waals surface area contributed by atoms with Crippen LogP contribution < -0.4 is 5.32 Å². The van der Waals surface area contributed by atoms with Crippen molar-refractivity contribution in [2.45, 2.75) is 38.3 Å². The second kappa shape index (κ2) is 12.0. The van der Waals surface area contributed by atoms with Crippen molar-refractivity contribution in [1.82, 2.24) is 5.32 Å². The Balaban J connectivity index is 2.17. The van der Waals surface area contributed by atoms with Crippen molar-refractivity contribution in [3.63, 3.8) is 0 Å². The lowest BCUT2D eigenvalue weighted by Gasteiger charge is -2.18. The highest BCUT2D eigenvalue weighted by molar-refractivity contribution is 6.48. The number of nitrogens with one attached hydrogen (secondary N) is 1. The summed E-state index contributed by atoms with van der Waals surface area (Å²) < 4.78 is 65.3. The topological polar surface area (TPSA) is 46.2 Å². The molecule has 184 valence electrons. The molecule has 1 unspecified atom stereocenters. The molecule has 0 aliphatic heterocycles. The molecule has 1 amide bonds. The van der Waals surface area contributed by atoms with Gasteiger partial charge in [0, 0.05) is 18.4 Å². The molecule has 0 saturated carbocycles. The van der Waals surface area contributed by atoms with Gasteiger partial charge in [0.2, 0.25) is 5.91 Å². The number of halogens is 8. The summed E-state index contributed by atoms with van der Waals surface area (Å²) in [6, 6.07) is 6.62. The van der Waals surface area contributed by atoms with E-state index >= 15 is 0 Å². The predicted molar refractivity (Wildman–Crippen MR) is 123 cm³/mol. The highest BCUT2D eigenvalue weighted by Crippen LogP contribution is 2.41. The number of benzene rings is 2. The highest BCUT2D eigenvalue weighted by Gasteiger charge is 2.39. The van der Waals surface area contributed by atoms with E-state index in [1.807, 2.05) is 5.32 Å². The Morgan fingerprint density at radius 3 is 2.18 bits per heavy atom. The zero-order valence-corrected chi connectivity index (χ0v) is 19.9. The molecule has 0 fully saturated rings. The van der Waals surface area contributed by atoms with Crippen molar-refractivity contribution in [3.05, 3.63) is 73.7 Å². The minimum absolute atomic E-state index is 0.0422. The van der Waals surface area contributed by atoms with Gasteiger partial charge in [-0.25, -0.2) is 8.78 Å². The third-order valence-electron chi connectivity index (χ3n) is 4.78. The maximum atomic E-state index is 13.7. The van der Waals surface area contributed by atoms with E-state index < -0.39 is 31.0 Å². The quantitative estimate of drug-likeness (QED) is 0.201. The zero-order chi connectivity index (χ0) is 25.6. The van der Waals surface area contributed by atoms with Gasteiger partial charge in [0.25, 0.3) is 6.43 Å². The Morgan fingerprint density at radius 2 is 1.65 bits per heavy atom. The summed E-state index contributed by atoms with van der Waals surface area (Å²) in [4.78, 5) is 23.9. The molecule has 11 heteroatoms. The number of carbonyl (C=O) groups excluding carboxylic acids is 2. The minimum atomic E-state index is -4.63. The lowest BCUT2D eigenvalue weighted by molar-refractivity contribution is -0.139. The molecule has 2 rings (SSSR count). The van der Waals surface area contributed by atoms with Crippen LogP contribution in [0.4, 0.5) is 22.0 Å². The Morgan fingerprint density at radius 1 is 1.03 bits per heavy atom. The zero-order valence-electron chi connectivity index (χ0n) is 17.7. The fourth-order valence-electron chi connectivity index (χ4n) is 3.12. The maximum absolute atomic E-state index is 13.7. The Kier molecular flexibility index (Phi) is 9.91. The van der Waals surface area contributed by atoms with E-state index in [2.05, 4.69) is 0 Å². The van der Waals surface area contributed by atoms with Gasteiger partial charge in [0.05, 0.1) is 27.5 Å². The molecule has 0 aliphatic rings. The van der Waals surface area contributed by atoms with Crippen LogP contribution in [0.5, 0.6) is 0 Å². The van der Waals surface area contributed by atoms with E-state index in [-0.39, 0.29) is 44.8 Å². The van der Waals surface area contributed by atoms with Gasteiger partial charge in [-0.05, 0) is 35.7 Å². The summed E-state index contributed by atoms with van der Waals surface area (Å²) in [5.74, 6) is -3.07. The molecular formula is C23H19Cl3F5NO2. The summed E-state index contributed by atoms with van der Waals surface area (Å²) in [6.07, 6.45) is -5.57. The lowest BCUT2D eigenvalue weighted by atomic mass is 9.95. The summed E-state index contributed by atoms with van der Waals surface area (Å²) in [5.41, 5.74) is 0.990. The molecule has 0 heterocycles. The summed E-state index contributed by atoms with van der Waals surface area (Å²) in [5, 5.41) is 1.76.